The minimum atomic E-state index is -1.24. The van der Waals surface area contributed by atoms with E-state index in [1.807, 2.05) is 6.07 Å². The molecule has 0 bridgehead atoms. The molecule has 41 heavy (non-hydrogen) atoms. The molecule has 0 saturated carbocycles. The minimum Gasteiger partial charge on any atom is -0.466 e. The molecule has 0 spiro atoms. The number of nitrogens with zero attached hydrogens (tertiary/aromatic N) is 3. The topological polar surface area (TPSA) is 159 Å². The number of ether oxygens (including phenoxy) is 3. The molecule has 0 saturated heterocycles. The maximum Gasteiger partial charge on any atom is 0.408 e. The van der Waals surface area contributed by atoms with E-state index < -0.39 is 35.3 Å². The maximum absolute atomic E-state index is 12.9. The number of esters is 2. The van der Waals surface area contributed by atoms with Crippen molar-refractivity contribution in [1.29, 1.82) is 0 Å². The molecule has 13 heteroatoms. The number of nitrogens with one attached hydrogen (secondary N) is 2. The number of aryl methyl sites for hydroxylation is 1. The third kappa shape index (κ3) is 9.48. The van der Waals surface area contributed by atoms with E-state index in [1.165, 1.54) is 27.4 Å². The number of hydrogen-bond acceptors (Lipinski definition) is 9. The van der Waals surface area contributed by atoms with Crippen LogP contribution in [0.4, 0.5) is 4.79 Å². The molecule has 2 heterocycles. The summed E-state index contributed by atoms with van der Waals surface area (Å²) in [6, 6.07) is 10.8. The summed E-state index contributed by atoms with van der Waals surface area (Å²) < 4.78 is 17.9. The summed E-state index contributed by atoms with van der Waals surface area (Å²) in [5.41, 5.74) is -0.111. The van der Waals surface area contributed by atoms with Gasteiger partial charge in [0.2, 0.25) is 0 Å². The molecule has 0 radical (unpaired) electrons. The second-order valence-corrected chi connectivity index (χ2v) is 10.1. The lowest BCUT2D eigenvalue weighted by Crippen LogP contribution is -2.50. The second-order valence-electron chi connectivity index (χ2n) is 10.1. The molecular formula is C28H35N5O8. The monoisotopic (exact) mass is 569 g/mol. The maximum atomic E-state index is 12.9. The Labute approximate surface area is 236 Å². The summed E-state index contributed by atoms with van der Waals surface area (Å²) in [7, 11) is 0. The summed E-state index contributed by atoms with van der Waals surface area (Å²) >= 11 is 0. The van der Waals surface area contributed by atoms with Crippen molar-refractivity contribution in [2.75, 3.05) is 13.2 Å². The molecule has 0 aliphatic heterocycles. The van der Waals surface area contributed by atoms with E-state index in [0.29, 0.717) is 12.1 Å². The van der Waals surface area contributed by atoms with Crippen molar-refractivity contribution in [1.82, 2.24) is 24.8 Å². The van der Waals surface area contributed by atoms with Crippen LogP contribution in [0.25, 0.3) is 5.65 Å². The average Bonchev–Trinajstić information content (AvgIpc) is 3.23. The first-order chi connectivity index (χ1) is 19.5. The number of aromatic nitrogens is 3. The van der Waals surface area contributed by atoms with Crippen LogP contribution < -0.4 is 16.3 Å². The summed E-state index contributed by atoms with van der Waals surface area (Å²) in [5, 5.41) is 9.25. The van der Waals surface area contributed by atoms with Gasteiger partial charge in [-0.2, -0.15) is 0 Å². The van der Waals surface area contributed by atoms with Gasteiger partial charge in [0.15, 0.2) is 5.65 Å². The van der Waals surface area contributed by atoms with Gasteiger partial charge in [0.1, 0.15) is 18.2 Å². The highest BCUT2D eigenvalue weighted by atomic mass is 16.6. The van der Waals surface area contributed by atoms with E-state index in [2.05, 4.69) is 15.7 Å². The Bertz CT molecular complexity index is 1420. The smallest absolute Gasteiger partial charge is 0.408 e. The first kappa shape index (κ1) is 30.9. The standard InChI is InChI=1S/C28H35N5O8/c1-5-39-23(34)12-9-15-33-27(38)32-17-20(13-14-22(32)31-33)24(35)29-16-21(25(36)41-28(2,3)4)30-26(37)40-18-19-10-7-6-8-11-19/h6-8,10-11,13-14,17,21H,5,9,12,15-16,18H2,1-4H3,(H,29,35)(H,30,37). The minimum absolute atomic E-state index is 0.00859. The van der Waals surface area contributed by atoms with Crippen molar-refractivity contribution in [3.8, 4) is 0 Å². The molecule has 3 aromatic rings. The van der Waals surface area contributed by atoms with E-state index in [9.17, 15) is 24.0 Å². The first-order valence-electron chi connectivity index (χ1n) is 13.2. The molecule has 2 N–H and O–H groups in total. The van der Waals surface area contributed by atoms with Crippen LogP contribution in [0, 0.1) is 0 Å². The van der Waals surface area contributed by atoms with Gasteiger partial charge in [-0.3, -0.25) is 9.59 Å². The summed E-state index contributed by atoms with van der Waals surface area (Å²) in [6.07, 6.45) is 0.977. The van der Waals surface area contributed by atoms with Gasteiger partial charge in [-0.1, -0.05) is 30.3 Å². The van der Waals surface area contributed by atoms with Crippen molar-refractivity contribution in [3.63, 3.8) is 0 Å². The second kappa shape index (κ2) is 14.1. The molecule has 1 aromatic carbocycles. The number of amides is 2. The van der Waals surface area contributed by atoms with E-state index in [-0.39, 0.29) is 44.3 Å². The zero-order valence-electron chi connectivity index (χ0n) is 23.5. The fourth-order valence-corrected chi connectivity index (χ4v) is 3.67. The number of carbonyl (C=O) groups excluding carboxylic acids is 4. The summed E-state index contributed by atoms with van der Waals surface area (Å²) in [4.78, 5) is 62.4. The Hall–Kier alpha value is -4.68. The van der Waals surface area contributed by atoms with Crippen LogP contribution in [-0.4, -0.2) is 62.9 Å². The number of carbonyl (C=O) groups is 4. The molecule has 1 unspecified atom stereocenters. The SMILES string of the molecule is CCOC(=O)CCCn1nc2ccc(C(=O)NCC(NC(=O)OCc3ccccc3)C(=O)OC(C)(C)C)cn2c1=O. The average molecular weight is 570 g/mol. The number of alkyl carbamates (subject to hydrolysis) is 1. The van der Waals surface area contributed by atoms with Crippen LogP contribution in [0.2, 0.25) is 0 Å². The third-order valence-electron chi connectivity index (χ3n) is 5.56. The number of hydrogen-bond donors (Lipinski definition) is 2. The lowest BCUT2D eigenvalue weighted by molar-refractivity contribution is -0.157. The Balaban J connectivity index is 1.65. The fourth-order valence-electron chi connectivity index (χ4n) is 3.67. The van der Waals surface area contributed by atoms with E-state index in [0.717, 1.165) is 5.56 Å². The van der Waals surface area contributed by atoms with Gasteiger partial charge in [-0.25, -0.2) is 23.5 Å². The molecule has 13 nitrogen and oxygen atoms in total. The van der Waals surface area contributed by atoms with Crippen molar-refractivity contribution < 1.29 is 33.4 Å². The van der Waals surface area contributed by atoms with Crippen molar-refractivity contribution in [3.05, 3.63) is 70.3 Å². The predicted molar refractivity (Wildman–Crippen MR) is 147 cm³/mol. The first-order valence-corrected chi connectivity index (χ1v) is 13.2. The van der Waals surface area contributed by atoms with Crippen molar-refractivity contribution in [2.45, 2.75) is 65.3 Å². The third-order valence-corrected chi connectivity index (χ3v) is 5.56. The normalized spacial score (nSPS) is 11.9. The molecule has 0 aliphatic rings. The molecule has 0 fully saturated rings. The number of rotatable bonds is 12. The lowest BCUT2D eigenvalue weighted by atomic mass is 10.2. The van der Waals surface area contributed by atoms with Crippen LogP contribution in [0.5, 0.6) is 0 Å². The van der Waals surface area contributed by atoms with Gasteiger partial charge in [0.05, 0.1) is 12.2 Å². The zero-order valence-corrected chi connectivity index (χ0v) is 23.5. The van der Waals surface area contributed by atoms with Gasteiger partial charge in [0, 0.05) is 25.7 Å². The Morgan fingerprint density at radius 3 is 2.44 bits per heavy atom. The largest absolute Gasteiger partial charge is 0.466 e. The molecule has 2 amide bonds. The highest BCUT2D eigenvalue weighted by molar-refractivity contribution is 5.94. The van der Waals surface area contributed by atoms with Gasteiger partial charge < -0.3 is 24.8 Å². The Morgan fingerprint density at radius 1 is 1.02 bits per heavy atom. The van der Waals surface area contributed by atoms with E-state index >= 15 is 0 Å². The van der Waals surface area contributed by atoms with E-state index in [1.54, 1.807) is 52.0 Å². The van der Waals surface area contributed by atoms with E-state index in [4.69, 9.17) is 14.2 Å². The van der Waals surface area contributed by atoms with Crippen LogP contribution in [0.3, 0.4) is 0 Å². The molecular weight excluding hydrogens is 534 g/mol. The summed E-state index contributed by atoms with van der Waals surface area (Å²) in [6.45, 7) is 6.93. The zero-order chi connectivity index (χ0) is 30.0. The van der Waals surface area contributed by atoms with Gasteiger partial charge >= 0.3 is 23.7 Å². The fraction of sp³-hybridized carbons (Fsp3) is 0.429. The van der Waals surface area contributed by atoms with Gasteiger partial charge in [-0.15, -0.1) is 5.10 Å². The molecule has 2 aromatic heterocycles. The van der Waals surface area contributed by atoms with Gasteiger partial charge in [-0.05, 0) is 51.8 Å². The quantitative estimate of drug-likeness (QED) is 0.246. The van der Waals surface area contributed by atoms with Crippen molar-refractivity contribution in [2.24, 2.45) is 0 Å². The number of fused-ring (bicyclic) bond motifs is 1. The predicted octanol–water partition coefficient (Wildman–Crippen LogP) is 2.21. The number of benzene rings is 1. The highest BCUT2D eigenvalue weighted by Crippen LogP contribution is 2.10. The Kier molecular flexibility index (Phi) is 10.6. The van der Waals surface area contributed by atoms with Crippen molar-refractivity contribution >= 4 is 29.6 Å². The molecule has 220 valence electrons. The molecule has 0 aliphatic carbocycles. The van der Waals surface area contributed by atoms with Gasteiger partial charge in [0.25, 0.3) is 5.91 Å². The van der Waals surface area contributed by atoms with Crippen LogP contribution >= 0.6 is 0 Å². The molecule has 1 atom stereocenters. The highest BCUT2D eigenvalue weighted by Gasteiger charge is 2.28. The van der Waals surface area contributed by atoms with Crippen LogP contribution in [0.15, 0.2) is 53.5 Å². The van der Waals surface area contributed by atoms with Crippen LogP contribution in [-0.2, 0) is 37.0 Å². The number of pyridine rings is 1. The Morgan fingerprint density at radius 2 is 1.76 bits per heavy atom. The summed E-state index contributed by atoms with van der Waals surface area (Å²) in [5.74, 6) is -1.71. The van der Waals surface area contributed by atoms with Crippen LogP contribution in [0.1, 0.15) is 56.5 Å². The lowest BCUT2D eigenvalue weighted by Gasteiger charge is -2.24. The molecule has 3 rings (SSSR count).